The summed E-state index contributed by atoms with van der Waals surface area (Å²) >= 11 is 0. The van der Waals surface area contributed by atoms with Crippen LogP contribution in [-0.4, -0.2) is 29.1 Å². The molecule has 1 unspecified atom stereocenters. The highest BCUT2D eigenvalue weighted by molar-refractivity contribution is 7.91. The average Bonchev–Trinajstić information content (AvgIpc) is 2.66. The molecular weight excluding hydrogens is 432 g/mol. The molecule has 176 valence electrons. The Balaban J connectivity index is 1.97. The van der Waals surface area contributed by atoms with Crippen molar-refractivity contribution in [3.63, 3.8) is 0 Å². The van der Waals surface area contributed by atoms with Crippen molar-refractivity contribution in [1.29, 1.82) is 5.26 Å². The van der Waals surface area contributed by atoms with Crippen molar-refractivity contribution in [2.75, 3.05) is 14.1 Å². The van der Waals surface area contributed by atoms with E-state index in [2.05, 4.69) is 24.3 Å². The van der Waals surface area contributed by atoms with E-state index in [9.17, 15) is 14.3 Å². The molecule has 1 saturated carbocycles. The molecule has 0 spiro atoms. The van der Waals surface area contributed by atoms with Gasteiger partial charge in [-0.05, 0) is 91.7 Å². The fourth-order valence-electron chi connectivity index (χ4n) is 4.47. The van der Waals surface area contributed by atoms with Crippen molar-refractivity contribution >= 4 is 15.8 Å². The summed E-state index contributed by atoms with van der Waals surface area (Å²) in [7, 11) is 0.597. The Hall–Kier alpha value is -2.53. The molecule has 1 fully saturated rings. The summed E-state index contributed by atoms with van der Waals surface area (Å²) in [6.45, 7) is 6.70. The molecule has 1 aliphatic carbocycles. The fraction of sp³-hybridized carbons (Fsp3) is 0.462. The first-order valence-electron chi connectivity index (χ1n) is 11.4. The van der Waals surface area contributed by atoms with E-state index in [1.165, 1.54) is 0 Å². The molecule has 1 atom stereocenters. The molecule has 2 aromatic rings. The SMILES string of the molecule is Cc1cc(CN(C)C)ccc1S(N)(=O)=NC(=O)Cc1c(C(C)C)cc(C#N)cc1C1CCC1. The van der Waals surface area contributed by atoms with E-state index < -0.39 is 15.8 Å². The van der Waals surface area contributed by atoms with Crippen LogP contribution >= 0.6 is 0 Å². The maximum Gasteiger partial charge on any atom is 0.259 e. The van der Waals surface area contributed by atoms with Gasteiger partial charge in [0, 0.05) is 6.54 Å². The standard InChI is InChI=1S/C26H34N4O2S/c1-17(2)22-12-20(15-27)13-23(21-7-6-8-21)24(22)14-26(31)29-33(28,32)25-10-9-19(11-18(25)3)16-30(4)5/h9-13,17,21H,6-8,14,16H2,1-5H3,(H2,28,29,31,32). The maximum absolute atomic E-state index is 13.3. The van der Waals surface area contributed by atoms with Crippen LogP contribution in [0.2, 0.25) is 0 Å². The number of benzene rings is 2. The van der Waals surface area contributed by atoms with Crippen LogP contribution in [0.1, 0.15) is 78.3 Å². The second kappa shape index (κ2) is 10.2. The zero-order valence-electron chi connectivity index (χ0n) is 20.2. The molecule has 0 heterocycles. The van der Waals surface area contributed by atoms with Crippen LogP contribution in [0, 0.1) is 18.3 Å². The molecule has 33 heavy (non-hydrogen) atoms. The normalized spacial score (nSPS) is 15.7. The lowest BCUT2D eigenvalue weighted by molar-refractivity contribution is -0.117. The third kappa shape index (κ3) is 5.89. The van der Waals surface area contributed by atoms with Crippen molar-refractivity contribution < 1.29 is 9.00 Å². The van der Waals surface area contributed by atoms with Crippen LogP contribution in [0.5, 0.6) is 0 Å². The Morgan fingerprint density at radius 3 is 2.48 bits per heavy atom. The van der Waals surface area contributed by atoms with E-state index in [1.807, 2.05) is 50.2 Å². The van der Waals surface area contributed by atoms with E-state index in [1.54, 1.807) is 6.07 Å². The molecule has 7 heteroatoms. The minimum atomic E-state index is -3.37. The predicted molar refractivity (Wildman–Crippen MR) is 132 cm³/mol. The Morgan fingerprint density at radius 1 is 1.27 bits per heavy atom. The van der Waals surface area contributed by atoms with Gasteiger partial charge in [0.1, 0.15) is 9.92 Å². The monoisotopic (exact) mass is 466 g/mol. The van der Waals surface area contributed by atoms with Gasteiger partial charge in [0.25, 0.3) is 5.91 Å². The molecule has 0 saturated heterocycles. The first kappa shape index (κ1) is 25.1. The molecular formula is C26H34N4O2S. The third-order valence-corrected chi connectivity index (χ3v) is 7.80. The lowest BCUT2D eigenvalue weighted by Crippen LogP contribution is -2.19. The minimum Gasteiger partial charge on any atom is -0.305 e. The first-order chi connectivity index (χ1) is 15.5. The van der Waals surface area contributed by atoms with E-state index >= 15 is 0 Å². The first-order valence-corrected chi connectivity index (χ1v) is 13.0. The smallest absolute Gasteiger partial charge is 0.259 e. The summed E-state index contributed by atoms with van der Waals surface area (Å²) in [5.74, 6) is 0.00686. The Bertz CT molecular complexity index is 1210. The third-order valence-electron chi connectivity index (χ3n) is 6.23. The van der Waals surface area contributed by atoms with Gasteiger partial charge in [0.15, 0.2) is 0 Å². The van der Waals surface area contributed by atoms with Gasteiger partial charge < -0.3 is 4.90 Å². The lowest BCUT2D eigenvalue weighted by atomic mass is 9.75. The molecule has 0 aromatic heterocycles. The molecule has 6 nitrogen and oxygen atoms in total. The summed E-state index contributed by atoms with van der Waals surface area (Å²) in [5.41, 5.74) is 5.40. The van der Waals surface area contributed by atoms with E-state index in [4.69, 9.17) is 5.14 Å². The summed E-state index contributed by atoms with van der Waals surface area (Å²) in [6.07, 6.45) is 3.29. The van der Waals surface area contributed by atoms with Gasteiger partial charge in [0.2, 0.25) is 0 Å². The maximum atomic E-state index is 13.3. The van der Waals surface area contributed by atoms with Crippen LogP contribution in [0.15, 0.2) is 39.6 Å². The van der Waals surface area contributed by atoms with Crippen molar-refractivity contribution in [1.82, 2.24) is 4.90 Å². The highest BCUT2D eigenvalue weighted by atomic mass is 32.2. The number of nitrogens with zero attached hydrogens (tertiary/aromatic N) is 3. The van der Waals surface area contributed by atoms with Crippen molar-refractivity contribution in [3.8, 4) is 6.07 Å². The van der Waals surface area contributed by atoms with E-state index in [-0.39, 0.29) is 12.3 Å². The second-order valence-corrected chi connectivity index (χ2v) is 11.4. The highest BCUT2D eigenvalue weighted by Crippen LogP contribution is 2.41. The van der Waals surface area contributed by atoms with Crippen LogP contribution in [0.4, 0.5) is 0 Å². The number of nitrogens with two attached hydrogens (primary N) is 1. The molecule has 0 radical (unpaired) electrons. The molecule has 0 bridgehead atoms. The lowest BCUT2D eigenvalue weighted by Gasteiger charge is -2.30. The molecule has 1 amide bonds. The molecule has 2 N–H and O–H groups in total. The van der Waals surface area contributed by atoms with Crippen LogP contribution < -0.4 is 5.14 Å². The zero-order valence-corrected chi connectivity index (χ0v) is 21.0. The number of hydrogen-bond donors (Lipinski definition) is 1. The van der Waals surface area contributed by atoms with Gasteiger partial charge in [0.05, 0.1) is 22.9 Å². The largest absolute Gasteiger partial charge is 0.305 e. The predicted octanol–water partition coefficient (Wildman–Crippen LogP) is 4.79. The van der Waals surface area contributed by atoms with Crippen molar-refractivity contribution in [2.45, 2.75) is 69.7 Å². The summed E-state index contributed by atoms with van der Waals surface area (Å²) in [5, 5.41) is 15.6. The number of nitriles is 1. The molecule has 3 rings (SSSR count). The molecule has 1 aliphatic rings. The number of hydrogen-bond acceptors (Lipinski definition) is 4. The van der Waals surface area contributed by atoms with Crippen LogP contribution in [0.3, 0.4) is 0 Å². The quantitative estimate of drug-likeness (QED) is 0.634. The molecule has 0 aliphatic heterocycles. The summed E-state index contributed by atoms with van der Waals surface area (Å²) in [4.78, 5) is 15.5. The Labute approximate surface area is 198 Å². The second-order valence-electron chi connectivity index (χ2n) is 9.60. The van der Waals surface area contributed by atoms with Crippen molar-refractivity contribution in [3.05, 3.63) is 63.7 Å². The minimum absolute atomic E-state index is 0.0387. The van der Waals surface area contributed by atoms with E-state index in [0.717, 1.165) is 53.6 Å². The Kier molecular flexibility index (Phi) is 7.73. The number of aryl methyl sites for hydroxylation is 1. The van der Waals surface area contributed by atoms with Gasteiger partial charge in [-0.2, -0.15) is 5.26 Å². The number of amides is 1. The van der Waals surface area contributed by atoms with E-state index in [0.29, 0.717) is 16.4 Å². The zero-order chi connectivity index (χ0) is 24.3. The number of carbonyl (C=O) groups excluding carboxylic acids is 1. The summed E-state index contributed by atoms with van der Waals surface area (Å²) < 4.78 is 17.3. The fourth-order valence-corrected chi connectivity index (χ4v) is 5.72. The molecule has 2 aromatic carbocycles. The van der Waals surface area contributed by atoms with Gasteiger partial charge in [-0.3, -0.25) is 4.79 Å². The Morgan fingerprint density at radius 2 is 1.97 bits per heavy atom. The van der Waals surface area contributed by atoms with Crippen LogP contribution in [0.25, 0.3) is 0 Å². The van der Waals surface area contributed by atoms with Gasteiger partial charge >= 0.3 is 0 Å². The van der Waals surface area contributed by atoms with Gasteiger partial charge in [-0.15, -0.1) is 4.36 Å². The topological polar surface area (TPSA) is 99.5 Å². The summed E-state index contributed by atoms with van der Waals surface area (Å²) in [6, 6.07) is 11.6. The number of rotatable bonds is 7. The highest BCUT2D eigenvalue weighted by Gasteiger charge is 2.26. The van der Waals surface area contributed by atoms with Gasteiger partial charge in [-0.25, -0.2) is 9.35 Å². The number of carbonyl (C=O) groups is 1. The average molecular weight is 467 g/mol. The van der Waals surface area contributed by atoms with Crippen molar-refractivity contribution in [2.24, 2.45) is 9.50 Å². The van der Waals surface area contributed by atoms with Gasteiger partial charge in [-0.1, -0.05) is 32.4 Å². The van der Waals surface area contributed by atoms with Crippen LogP contribution in [-0.2, 0) is 27.7 Å².